The summed E-state index contributed by atoms with van der Waals surface area (Å²) in [6, 6.07) is -0.168. The molecule has 1 aliphatic heterocycles. The van der Waals surface area contributed by atoms with Gasteiger partial charge in [-0.2, -0.15) is 0 Å². The van der Waals surface area contributed by atoms with Crippen LogP contribution in [0.25, 0.3) is 0 Å². The first-order chi connectivity index (χ1) is 9.00. The first-order valence-electron chi connectivity index (χ1n) is 7.36. The van der Waals surface area contributed by atoms with Gasteiger partial charge in [0, 0.05) is 19.1 Å². The van der Waals surface area contributed by atoms with Crippen LogP contribution in [0.2, 0.25) is 0 Å². The summed E-state index contributed by atoms with van der Waals surface area (Å²) in [5, 5.41) is 6.09. The third kappa shape index (κ3) is 3.08. The summed E-state index contributed by atoms with van der Waals surface area (Å²) in [7, 11) is 0. The van der Waals surface area contributed by atoms with Crippen molar-refractivity contribution in [2.75, 3.05) is 13.1 Å². The van der Waals surface area contributed by atoms with Crippen molar-refractivity contribution in [2.24, 2.45) is 11.8 Å². The number of nitrogens with one attached hydrogen (secondary N) is 2. The van der Waals surface area contributed by atoms with Crippen LogP contribution in [0.5, 0.6) is 0 Å². The Bertz CT molecular complexity index is 359. The molecule has 1 aliphatic carbocycles. The van der Waals surface area contributed by atoms with E-state index >= 15 is 0 Å². The van der Waals surface area contributed by atoms with Gasteiger partial charge in [0.1, 0.15) is 0 Å². The van der Waals surface area contributed by atoms with Crippen molar-refractivity contribution in [3.63, 3.8) is 0 Å². The molecule has 2 rings (SSSR count). The van der Waals surface area contributed by atoms with Crippen LogP contribution in [-0.2, 0) is 4.79 Å². The maximum absolute atomic E-state index is 12.2. The highest BCUT2D eigenvalue weighted by atomic mass is 16.2. The van der Waals surface area contributed by atoms with Gasteiger partial charge >= 0.3 is 6.03 Å². The Labute approximate surface area is 115 Å². The third-order valence-corrected chi connectivity index (χ3v) is 4.66. The predicted octanol–water partition coefficient (Wildman–Crippen LogP) is 1.34. The molecule has 5 nitrogen and oxygen atoms in total. The first-order valence-corrected chi connectivity index (χ1v) is 7.36. The summed E-state index contributed by atoms with van der Waals surface area (Å²) in [5.41, 5.74) is 0. The lowest BCUT2D eigenvalue weighted by Crippen LogP contribution is -2.52. The van der Waals surface area contributed by atoms with Gasteiger partial charge in [-0.25, -0.2) is 4.79 Å². The lowest BCUT2D eigenvalue weighted by atomic mass is 9.78. The third-order valence-electron chi connectivity index (χ3n) is 4.66. The maximum Gasteiger partial charge on any atom is 0.324 e. The lowest BCUT2D eigenvalue weighted by Gasteiger charge is -2.36. The van der Waals surface area contributed by atoms with E-state index in [1.165, 1.54) is 17.7 Å². The normalized spacial score (nSPS) is 33.1. The Morgan fingerprint density at radius 3 is 2.79 bits per heavy atom. The van der Waals surface area contributed by atoms with Gasteiger partial charge in [-0.1, -0.05) is 26.7 Å². The Balaban J connectivity index is 1.91. The van der Waals surface area contributed by atoms with Crippen molar-refractivity contribution >= 4 is 11.9 Å². The van der Waals surface area contributed by atoms with E-state index in [4.69, 9.17) is 0 Å². The highest BCUT2D eigenvalue weighted by Gasteiger charge is 2.33. The Morgan fingerprint density at radius 2 is 2.16 bits per heavy atom. The van der Waals surface area contributed by atoms with E-state index in [9.17, 15) is 9.59 Å². The molecule has 0 bridgehead atoms. The van der Waals surface area contributed by atoms with Gasteiger partial charge in [-0.15, -0.1) is 0 Å². The highest BCUT2D eigenvalue weighted by Crippen LogP contribution is 2.29. The van der Waals surface area contributed by atoms with Crippen molar-refractivity contribution < 1.29 is 9.59 Å². The molecular weight excluding hydrogens is 242 g/mol. The van der Waals surface area contributed by atoms with Gasteiger partial charge in [0.25, 0.3) is 0 Å². The number of nitrogens with zero attached hydrogens (tertiary/aromatic N) is 1. The molecule has 1 saturated heterocycles. The smallest absolute Gasteiger partial charge is 0.324 e. The standard InChI is InChI=1S/C14H25N3O2/c1-9-5-4-6-12(10(9)2)16-11(3)13(18)17-8-7-15-14(17)19/h9-12,16H,4-8H2,1-3H3,(H,15,19)/t9-,10-,11+,12+/m1/s1. The molecule has 0 radical (unpaired) electrons. The summed E-state index contributed by atoms with van der Waals surface area (Å²) >= 11 is 0. The van der Waals surface area contributed by atoms with E-state index in [0.717, 1.165) is 6.42 Å². The zero-order valence-electron chi connectivity index (χ0n) is 12.1. The van der Waals surface area contributed by atoms with Gasteiger partial charge in [0.05, 0.1) is 6.04 Å². The van der Waals surface area contributed by atoms with E-state index in [-0.39, 0.29) is 18.0 Å². The fourth-order valence-electron chi connectivity index (χ4n) is 3.13. The number of amides is 3. The molecule has 0 aromatic rings. The number of hydrogen-bond donors (Lipinski definition) is 2. The van der Waals surface area contributed by atoms with Crippen LogP contribution < -0.4 is 10.6 Å². The minimum absolute atomic E-state index is 0.111. The minimum atomic E-state index is -0.290. The van der Waals surface area contributed by atoms with Crippen LogP contribution in [0.4, 0.5) is 4.79 Å². The minimum Gasteiger partial charge on any atom is -0.336 e. The molecule has 2 aliphatic rings. The second-order valence-electron chi connectivity index (χ2n) is 5.98. The van der Waals surface area contributed by atoms with Crippen LogP contribution >= 0.6 is 0 Å². The van der Waals surface area contributed by atoms with Crippen LogP contribution in [0.3, 0.4) is 0 Å². The van der Waals surface area contributed by atoms with Gasteiger partial charge in [-0.05, 0) is 25.2 Å². The van der Waals surface area contributed by atoms with Gasteiger partial charge < -0.3 is 10.6 Å². The second kappa shape index (κ2) is 5.90. The van der Waals surface area contributed by atoms with Crippen molar-refractivity contribution in [2.45, 2.75) is 52.1 Å². The number of hydrogen-bond acceptors (Lipinski definition) is 3. The zero-order valence-corrected chi connectivity index (χ0v) is 12.1. The summed E-state index contributed by atoms with van der Waals surface area (Å²) in [6.07, 6.45) is 3.61. The van der Waals surface area contributed by atoms with Crippen molar-refractivity contribution in [1.82, 2.24) is 15.5 Å². The monoisotopic (exact) mass is 267 g/mol. The van der Waals surface area contributed by atoms with Crippen molar-refractivity contribution in [3.05, 3.63) is 0 Å². The predicted molar refractivity (Wildman–Crippen MR) is 73.7 cm³/mol. The number of urea groups is 1. The fourth-order valence-corrected chi connectivity index (χ4v) is 3.13. The van der Waals surface area contributed by atoms with E-state index in [0.29, 0.717) is 31.0 Å². The van der Waals surface area contributed by atoms with Crippen LogP contribution in [-0.4, -0.2) is 42.0 Å². The molecule has 19 heavy (non-hydrogen) atoms. The molecule has 4 atom stereocenters. The number of imide groups is 1. The quantitative estimate of drug-likeness (QED) is 0.811. The maximum atomic E-state index is 12.2. The largest absolute Gasteiger partial charge is 0.336 e. The van der Waals surface area contributed by atoms with Crippen LogP contribution in [0.1, 0.15) is 40.0 Å². The van der Waals surface area contributed by atoms with Gasteiger partial charge in [0.15, 0.2) is 0 Å². The molecule has 108 valence electrons. The van der Waals surface area contributed by atoms with E-state index in [2.05, 4.69) is 24.5 Å². The Hall–Kier alpha value is -1.10. The highest BCUT2D eigenvalue weighted by molar-refractivity contribution is 5.98. The van der Waals surface area contributed by atoms with Crippen LogP contribution in [0.15, 0.2) is 0 Å². The number of carbonyl (C=O) groups is 2. The molecule has 2 fully saturated rings. The van der Waals surface area contributed by atoms with E-state index in [1.54, 1.807) is 0 Å². The first kappa shape index (κ1) is 14.3. The average Bonchev–Trinajstić information content (AvgIpc) is 2.80. The molecule has 2 N–H and O–H groups in total. The molecule has 1 heterocycles. The summed E-state index contributed by atoms with van der Waals surface area (Å²) < 4.78 is 0. The summed E-state index contributed by atoms with van der Waals surface area (Å²) in [4.78, 5) is 25.0. The second-order valence-corrected chi connectivity index (χ2v) is 5.98. The average molecular weight is 267 g/mol. The molecule has 0 unspecified atom stereocenters. The molecule has 5 heteroatoms. The van der Waals surface area contributed by atoms with Crippen molar-refractivity contribution in [1.29, 1.82) is 0 Å². The molecule has 3 amide bonds. The van der Waals surface area contributed by atoms with Crippen molar-refractivity contribution in [3.8, 4) is 0 Å². The Kier molecular flexibility index (Phi) is 4.45. The van der Waals surface area contributed by atoms with E-state index < -0.39 is 0 Å². The van der Waals surface area contributed by atoms with Gasteiger partial charge in [0.2, 0.25) is 5.91 Å². The SMILES string of the molecule is C[C@@H]1[C@H](C)CCC[C@@H]1N[C@@H](C)C(=O)N1CCNC1=O. The Morgan fingerprint density at radius 1 is 1.42 bits per heavy atom. The van der Waals surface area contributed by atoms with Gasteiger partial charge in [-0.3, -0.25) is 9.69 Å². The molecule has 1 saturated carbocycles. The molecule has 0 aromatic carbocycles. The molecule has 0 aromatic heterocycles. The zero-order chi connectivity index (χ0) is 14.0. The molecule has 0 spiro atoms. The lowest BCUT2D eigenvalue weighted by molar-refractivity contribution is -0.129. The number of carbonyl (C=O) groups excluding carboxylic acids is 2. The topological polar surface area (TPSA) is 61.4 Å². The van der Waals surface area contributed by atoms with Crippen LogP contribution in [0, 0.1) is 11.8 Å². The molecular formula is C14H25N3O2. The summed E-state index contributed by atoms with van der Waals surface area (Å²) in [6.45, 7) is 7.44. The fraction of sp³-hybridized carbons (Fsp3) is 0.857. The summed E-state index contributed by atoms with van der Waals surface area (Å²) in [5.74, 6) is 1.17. The van der Waals surface area contributed by atoms with E-state index in [1.807, 2.05) is 6.92 Å². The number of rotatable bonds is 3.